The Morgan fingerprint density at radius 2 is 1.89 bits per heavy atom. The van der Waals surface area contributed by atoms with Gasteiger partial charge in [0, 0.05) is 24.3 Å². The maximum absolute atomic E-state index is 13.7. The van der Waals surface area contributed by atoms with Crippen LogP contribution in [0.1, 0.15) is 28.0 Å². The van der Waals surface area contributed by atoms with Crippen molar-refractivity contribution in [1.82, 2.24) is 9.97 Å². The van der Waals surface area contributed by atoms with Crippen LogP contribution in [-0.2, 0) is 13.0 Å². The molecule has 0 spiro atoms. The Morgan fingerprint density at radius 3 is 2.70 bits per heavy atom. The average molecular weight is 362 g/mol. The van der Waals surface area contributed by atoms with Gasteiger partial charge in [-0.2, -0.15) is 0 Å². The van der Waals surface area contributed by atoms with E-state index in [1.54, 1.807) is 23.1 Å². The fourth-order valence-corrected chi connectivity index (χ4v) is 3.24. The number of amides is 1. The highest BCUT2D eigenvalue weighted by atomic mass is 19.1. The molecule has 3 aromatic rings. The van der Waals surface area contributed by atoms with Crippen molar-refractivity contribution in [2.24, 2.45) is 0 Å². The minimum Gasteiger partial charge on any atom is -0.365 e. The number of para-hydroxylation sites is 1. The van der Waals surface area contributed by atoms with E-state index in [0.717, 1.165) is 18.5 Å². The molecule has 1 amide bonds. The van der Waals surface area contributed by atoms with Gasteiger partial charge in [-0.1, -0.05) is 36.4 Å². The van der Waals surface area contributed by atoms with Crippen LogP contribution in [0.25, 0.3) is 0 Å². The van der Waals surface area contributed by atoms with E-state index in [-0.39, 0.29) is 11.7 Å². The summed E-state index contributed by atoms with van der Waals surface area (Å²) in [6.45, 7) is 0.971. The van der Waals surface area contributed by atoms with Crippen LogP contribution in [0.3, 0.4) is 0 Å². The fourth-order valence-electron chi connectivity index (χ4n) is 3.24. The summed E-state index contributed by atoms with van der Waals surface area (Å²) in [4.78, 5) is 23.1. The Labute approximate surface area is 156 Å². The van der Waals surface area contributed by atoms with E-state index in [1.807, 2.05) is 18.2 Å². The number of halogens is 1. The zero-order valence-electron chi connectivity index (χ0n) is 14.7. The van der Waals surface area contributed by atoms with Gasteiger partial charge in [0.2, 0.25) is 0 Å². The van der Waals surface area contributed by atoms with Crippen LogP contribution >= 0.6 is 0 Å². The molecule has 0 unspecified atom stereocenters. The standard InChI is InChI=1S/C21H19FN4O/c22-17-9-3-1-7-16(17)12-24-20-14-23-18(13-25-20)21(27)26-11-5-8-15-6-2-4-10-19(15)26/h1-4,6-7,9-10,13-14H,5,8,11-12H2,(H,24,25). The summed E-state index contributed by atoms with van der Waals surface area (Å²) in [5, 5.41) is 3.02. The van der Waals surface area contributed by atoms with E-state index in [0.29, 0.717) is 30.2 Å². The summed E-state index contributed by atoms with van der Waals surface area (Å²) < 4.78 is 13.7. The maximum atomic E-state index is 13.7. The summed E-state index contributed by atoms with van der Waals surface area (Å²) in [6, 6.07) is 14.5. The summed E-state index contributed by atoms with van der Waals surface area (Å²) in [7, 11) is 0. The van der Waals surface area contributed by atoms with Crippen LogP contribution in [0.4, 0.5) is 15.9 Å². The van der Waals surface area contributed by atoms with Gasteiger partial charge in [0.1, 0.15) is 17.3 Å². The van der Waals surface area contributed by atoms with Crippen LogP contribution in [0.2, 0.25) is 0 Å². The van der Waals surface area contributed by atoms with Gasteiger partial charge in [-0.05, 0) is 30.5 Å². The van der Waals surface area contributed by atoms with Crippen LogP contribution in [0, 0.1) is 5.82 Å². The predicted molar refractivity (Wildman–Crippen MR) is 102 cm³/mol. The number of hydrogen-bond acceptors (Lipinski definition) is 4. The molecule has 0 saturated carbocycles. The van der Waals surface area contributed by atoms with Crippen LogP contribution in [-0.4, -0.2) is 22.4 Å². The minimum atomic E-state index is -0.270. The van der Waals surface area contributed by atoms with Crippen molar-refractivity contribution in [3.8, 4) is 0 Å². The lowest BCUT2D eigenvalue weighted by Crippen LogP contribution is -2.36. The number of carbonyl (C=O) groups is 1. The number of nitrogens with zero attached hydrogens (tertiary/aromatic N) is 3. The van der Waals surface area contributed by atoms with Crippen molar-refractivity contribution in [1.29, 1.82) is 0 Å². The van der Waals surface area contributed by atoms with Gasteiger partial charge in [0.05, 0.1) is 12.4 Å². The highest BCUT2D eigenvalue weighted by Crippen LogP contribution is 2.27. The molecule has 27 heavy (non-hydrogen) atoms. The van der Waals surface area contributed by atoms with Crippen molar-refractivity contribution in [2.45, 2.75) is 19.4 Å². The molecule has 0 radical (unpaired) electrons. The second-order valence-corrected chi connectivity index (χ2v) is 6.42. The SMILES string of the molecule is O=C(c1cnc(NCc2ccccc2F)cn1)N1CCCc2ccccc21. The predicted octanol–water partition coefficient (Wildman–Crippen LogP) is 3.82. The zero-order valence-corrected chi connectivity index (χ0v) is 14.7. The normalized spacial score (nSPS) is 13.1. The number of aromatic nitrogens is 2. The molecule has 136 valence electrons. The second kappa shape index (κ2) is 7.53. The summed E-state index contributed by atoms with van der Waals surface area (Å²) in [5.74, 6) is 0.0673. The Kier molecular flexibility index (Phi) is 4.78. The van der Waals surface area contributed by atoms with E-state index >= 15 is 0 Å². The average Bonchev–Trinajstić information content (AvgIpc) is 2.73. The minimum absolute atomic E-state index is 0.157. The van der Waals surface area contributed by atoms with Gasteiger partial charge < -0.3 is 10.2 Å². The third-order valence-electron chi connectivity index (χ3n) is 4.64. The first-order valence-electron chi connectivity index (χ1n) is 8.91. The highest BCUT2D eigenvalue weighted by Gasteiger charge is 2.24. The van der Waals surface area contributed by atoms with Gasteiger partial charge in [-0.15, -0.1) is 0 Å². The number of nitrogens with one attached hydrogen (secondary N) is 1. The van der Waals surface area contributed by atoms with Crippen molar-refractivity contribution in [2.75, 3.05) is 16.8 Å². The topological polar surface area (TPSA) is 58.1 Å². The van der Waals surface area contributed by atoms with Gasteiger partial charge in [0.25, 0.3) is 5.91 Å². The quantitative estimate of drug-likeness (QED) is 0.767. The number of fused-ring (bicyclic) bond motifs is 1. The number of rotatable bonds is 4. The summed E-state index contributed by atoms with van der Waals surface area (Å²) >= 11 is 0. The van der Waals surface area contributed by atoms with Crippen molar-refractivity contribution in [3.05, 3.63) is 83.6 Å². The first kappa shape index (κ1) is 17.1. The number of hydrogen-bond donors (Lipinski definition) is 1. The lowest BCUT2D eigenvalue weighted by Gasteiger charge is -2.29. The molecule has 5 nitrogen and oxygen atoms in total. The molecule has 0 fully saturated rings. The first-order chi connectivity index (χ1) is 13.2. The third-order valence-corrected chi connectivity index (χ3v) is 4.64. The monoisotopic (exact) mass is 362 g/mol. The molecular formula is C21H19FN4O. The molecule has 1 aliphatic rings. The van der Waals surface area contributed by atoms with Gasteiger partial charge in [0.15, 0.2) is 0 Å². The molecular weight excluding hydrogens is 343 g/mol. The molecule has 4 rings (SSSR count). The third kappa shape index (κ3) is 3.65. The Bertz CT molecular complexity index is 958. The Hall–Kier alpha value is -3.28. The molecule has 2 aromatic carbocycles. The van der Waals surface area contributed by atoms with E-state index < -0.39 is 0 Å². The van der Waals surface area contributed by atoms with E-state index in [9.17, 15) is 9.18 Å². The molecule has 1 aliphatic heterocycles. The molecule has 0 aliphatic carbocycles. The Morgan fingerprint density at radius 1 is 1.07 bits per heavy atom. The summed E-state index contributed by atoms with van der Waals surface area (Å²) in [6.07, 6.45) is 4.87. The molecule has 6 heteroatoms. The van der Waals surface area contributed by atoms with Gasteiger partial charge in [-0.25, -0.2) is 14.4 Å². The highest BCUT2D eigenvalue weighted by molar-refractivity contribution is 6.05. The first-order valence-corrected chi connectivity index (χ1v) is 8.91. The maximum Gasteiger partial charge on any atom is 0.278 e. The molecule has 2 heterocycles. The molecule has 1 N–H and O–H groups in total. The van der Waals surface area contributed by atoms with Crippen LogP contribution in [0.5, 0.6) is 0 Å². The van der Waals surface area contributed by atoms with Gasteiger partial charge in [-0.3, -0.25) is 4.79 Å². The lowest BCUT2D eigenvalue weighted by atomic mass is 10.0. The fraction of sp³-hybridized carbons (Fsp3) is 0.190. The van der Waals surface area contributed by atoms with E-state index in [4.69, 9.17) is 0 Å². The van der Waals surface area contributed by atoms with Crippen LogP contribution < -0.4 is 10.2 Å². The van der Waals surface area contributed by atoms with Crippen LogP contribution in [0.15, 0.2) is 60.9 Å². The smallest absolute Gasteiger partial charge is 0.278 e. The summed E-state index contributed by atoms with van der Waals surface area (Å²) in [5.41, 5.74) is 2.96. The molecule has 0 bridgehead atoms. The van der Waals surface area contributed by atoms with E-state index in [2.05, 4.69) is 21.4 Å². The lowest BCUT2D eigenvalue weighted by molar-refractivity contribution is 0.0980. The number of aryl methyl sites for hydroxylation is 1. The van der Waals surface area contributed by atoms with Crippen molar-refractivity contribution in [3.63, 3.8) is 0 Å². The number of benzene rings is 2. The number of anilines is 2. The van der Waals surface area contributed by atoms with Crippen molar-refractivity contribution >= 4 is 17.4 Å². The molecule has 0 saturated heterocycles. The van der Waals surface area contributed by atoms with Gasteiger partial charge >= 0.3 is 0 Å². The Balaban J connectivity index is 1.46. The van der Waals surface area contributed by atoms with E-state index in [1.165, 1.54) is 24.0 Å². The second-order valence-electron chi connectivity index (χ2n) is 6.42. The molecule has 1 aromatic heterocycles. The molecule has 0 atom stereocenters. The van der Waals surface area contributed by atoms with Crippen molar-refractivity contribution < 1.29 is 9.18 Å². The largest absolute Gasteiger partial charge is 0.365 e. The number of carbonyl (C=O) groups excluding carboxylic acids is 1. The zero-order chi connectivity index (χ0) is 18.6.